The number of aryl methyl sites for hydroxylation is 1. The van der Waals surface area contributed by atoms with Gasteiger partial charge in [-0.25, -0.2) is 18.8 Å². The molecule has 2 aromatic carbocycles. The van der Waals surface area contributed by atoms with Crippen LogP contribution < -0.4 is 0 Å². The molecule has 0 spiro atoms. The molecule has 1 amide bonds. The van der Waals surface area contributed by atoms with Crippen LogP contribution in [0.4, 0.5) is 8.78 Å². The predicted octanol–water partition coefficient (Wildman–Crippen LogP) is 5.58. The Labute approximate surface area is 209 Å². The van der Waals surface area contributed by atoms with Crippen molar-refractivity contribution in [2.75, 3.05) is 6.61 Å². The highest BCUT2D eigenvalue weighted by Crippen LogP contribution is 2.37. The number of hydroxylamine groups is 2. The molecule has 2 fully saturated rings. The lowest BCUT2D eigenvalue weighted by molar-refractivity contribution is -0.183. The number of hydrogen-bond acceptors (Lipinski definition) is 4. The van der Waals surface area contributed by atoms with Crippen LogP contribution in [0, 0.1) is 41.7 Å². The van der Waals surface area contributed by atoms with Gasteiger partial charge in [0.05, 0.1) is 24.3 Å². The van der Waals surface area contributed by atoms with Gasteiger partial charge in [-0.3, -0.25) is 9.63 Å². The fourth-order valence-electron chi connectivity index (χ4n) is 5.53. The number of nitrogens with zero attached hydrogens (tertiary/aromatic N) is 4. The van der Waals surface area contributed by atoms with Crippen LogP contribution >= 0.6 is 0 Å². The Bertz CT molecular complexity index is 1310. The first-order valence-electron chi connectivity index (χ1n) is 12.4. The molecule has 1 aromatic heterocycles. The summed E-state index contributed by atoms with van der Waals surface area (Å²) in [7, 11) is 0. The first-order chi connectivity index (χ1) is 17.4. The molecule has 186 valence electrons. The molecule has 1 aliphatic carbocycles. The molecule has 0 N–H and O–H groups in total. The normalized spacial score (nSPS) is 21.9. The van der Waals surface area contributed by atoms with Crippen molar-refractivity contribution in [3.8, 4) is 11.8 Å². The molecule has 36 heavy (non-hydrogen) atoms. The zero-order valence-corrected chi connectivity index (χ0v) is 20.2. The van der Waals surface area contributed by atoms with Crippen LogP contribution in [0.2, 0.25) is 0 Å². The summed E-state index contributed by atoms with van der Waals surface area (Å²) in [6.45, 7) is 2.26. The minimum atomic E-state index is -0.493. The molecule has 0 bridgehead atoms. The number of benzene rings is 2. The van der Waals surface area contributed by atoms with Crippen LogP contribution in [0.1, 0.15) is 60.7 Å². The number of halogens is 2. The topological polar surface area (TPSA) is 71.2 Å². The zero-order chi connectivity index (χ0) is 25.2. The van der Waals surface area contributed by atoms with Gasteiger partial charge in [0.25, 0.3) is 0 Å². The van der Waals surface area contributed by atoms with Gasteiger partial charge in [-0.1, -0.05) is 0 Å². The molecule has 2 aliphatic rings. The lowest BCUT2D eigenvalue weighted by Crippen LogP contribution is -2.36. The fraction of sp³-hybridized carbons (Fsp3) is 0.393. The average molecular weight is 491 g/mol. The van der Waals surface area contributed by atoms with Crippen molar-refractivity contribution in [1.82, 2.24) is 14.6 Å². The van der Waals surface area contributed by atoms with E-state index in [1.165, 1.54) is 23.3 Å². The second-order valence-electron chi connectivity index (χ2n) is 9.77. The highest BCUT2D eigenvalue weighted by molar-refractivity contribution is 5.78. The summed E-state index contributed by atoms with van der Waals surface area (Å²) in [6, 6.07) is 10.9. The van der Waals surface area contributed by atoms with Crippen LogP contribution in [0.5, 0.6) is 0 Å². The number of imidazole rings is 1. The molecule has 5 rings (SSSR count). The Balaban J connectivity index is 1.22. The second kappa shape index (κ2) is 10.2. The van der Waals surface area contributed by atoms with Crippen molar-refractivity contribution >= 4 is 5.91 Å². The maximum Gasteiger partial charge on any atom is 0.249 e. The predicted molar refractivity (Wildman–Crippen MR) is 129 cm³/mol. The molecule has 1 atom stereocenters. The third kappa shape index (κ3) is 5.02. The Morgan fingerprint density at radius 2 is 1.86 bits per heavy atom. The second-order valence-corrected chi connectivity index (χ2v) is 9.77. The van der Waals surface area contributed by atoms with Gasteiger partial charge in [-0.2, -0.15) is 5.26 Å². The van der Waals surface area contributed by atoms with E-state index in [1.54, 1.807) is 18.3 Å². The quantitative estimate of drug-likeness (QED) is 0.468. The summed E-state index contributed by atoms with van der Waals surface area (Å²) in [4.78, 5) is 23.2. The zero-order valence-electron chi connectivity index (χ0n) is 20.2. The van der Waals surface area contributed by atoms with Crippen LogP contribution in [0.3, 0.4) is 0 Å². The van der Waals surface area contributed by atoms with E-state index < -0.39 is 11.9 Å². The summed E-state index contributed by atoms with van der Waals surface area (Å²) in [5, 5.41) is 10.6. The van der Waals surface area contributed by atoms with Crippen molar-refractivity contribution in [2.24, 2.45) is 11.8 Å². The minimum absolute atomic E-state index is 0.0812. The fourth-order valence-corrected chi connectivity index (χ4v) is 5.53. The van der Waals surface area contributed by atoms with Gasteiger partial charge in [0.15, 0.2) is 0 Å². The van der Waals surface area contributed by atoms with Crippen LogP contribution in [-0.2, 0) is 16.1 Å². The highest BCUT2D eigenvalue weighted by Gasteiger charge is 2.37. The molecule has 1 aliphatic heterocycles. The summed E-state index contributed by atoms with van der Waals surface area (Å²) in [6.07, 6.45) is 8.02. The van der Waals surface area contributed by atoms with Crippen molar-refractivity contribution < 1.29 is 18.4 Å². The van der Waals surface area contributed by atoms with E-state index in [4.69, 9.17) is 4.84 Å². The van der Waals surface area contributed by atoms with Crippen LogP contribution in [-0.4, -0.2) is 27.1 Å². The molecule has 1 saturated carbocycles. The van der Waals surface area contributed by atoms with E-state index in [2.05, 4.69) is 4.98 Å². The van der Waals surface area contributed by atoms with Gasteiger partial charge in [0, 0.05) is 30.4 Å². The molecular formula is C28H28F2N4O2. The minimum Gasteiger partial charge on any atom is -0.304 e. The van der Waals surface area contributed by atoms with Crippen LogP contribution in [0.15, 0.2) is 48.8 Å². The Kier molecular flexibility index (Phi) is 6.84. The van der Waals surface area contributed by atoms with Gasteiger partial charge in [0.2, 0.25) is 5.91 Å². The third-order valence-corrected chi connectivity index (χ3v) is 7.32. The maximum absolute atomic E-state index is 14.4. The summed E-state index contributed by atoms with van der Waals surface area (Å²) in [5.74, 6) is 0.158. The third-order valence-electron chi connectivity index (χ3n) is 7.32. The maximum atomic E-state index is 14.4. The lowest BCUT2D eigenvalue weighted by atomic mass is 9.78. The Morgan fingerprint density at radius 1 is 1.08 bits per heavy atom. The van der Waals surface area contributed by atoms with E-state index in [-0.39, 0.29) is 23.2 Å². The lowest BCUT2D eigenvalue weighted by Gasteiger charge is -2.32. The van der Waals surface area contributed by atoms with Crippen molar-refractivity contribution in [1.29, 1.82) is 5.26 Å². The number of hydrogen-bond donors (Lipinski definition) is 0. The van der Waals surface area contributed by atoms with E-state index in [0.717, 1.165) is 49.2 Å². The number of rotatable bonds is 5. The first kappa shape index (κ1) is 24.1. The number of amides is 1. The summed E-state index contributed by atoms with van der Waals surface area (Å²) >= 11 is 0. The molecule has 3 aromatic rings. The molecule has 0 radical (unpaired) electrons. The van der Waals surface area contributed by atoms with Gasteiger partial charge in [-0.15, -0.1) is 0 Å². The monoisotopic (exact) mass is 490 g/mol. The van der Waals surface area contributed by atoms with Crippen molar-refractivity contribution in [3.63, 3.8) is 0 Å². The SMILES string of the molecule is Cc1nccn1-c1cc(F)cc(C[C@H]2CC[C@H](C(=O)N3OCC[C@H]3c3cc(F)cc(C#N)c3)CC2)c1. The number of aromatic nitrogens is 2. The number of carbonyl (C=O) groups excluding carboxylic acids is 1. The number of carbonyl (C=O) groups is 1. The van der Waals surface area contributed by atoms with E-state index in [1.807, 2.05) is 29.8 Å². The first-order valence-corrected chi connectivity index (χ1v) is 12.4. The van der Waals surface area contributed by atoms with Gasteiger partial charge in [-0.05, 0) is 92.5 Å². The Morgan fingerprint density at radius 3 is 2.58 bits per heavy atom. The van der Waals surface area contributed by atoms with E-state index >= 15 is 0 Å². The van der Waals surface area contributed by atoms with Crippen molar-refractivity contribution in [3.05, 3.63) is 82.9 Å². The van der Waals surface area contributed by atoms with Crippen molar-refractivity contribution in [2.45, 2.75) is 51.5 Å². The number of nitriles is 1. The molecule has 2 heterocycles. The molecule has 0 unspecified atom stereocenters. The summed E-state index contributed by atoms with van der Waals surface area (Å²) in [5.41, 5.74) is 2.52. The van der Waals surface area contributed by atoms with E-state index in [0.29, 0.717) is 24.5 Å². The van der Waals surface area contributed by atoms with Gasteiger partial charge in [0.1, 0.15) is 17.5 Å². The van der Waals surface area contributed by atoms with Gasteiger partial charge < -0.3 is 4.57 Å². The highest BCUT2D eigenvalue weighted by atomic mass is 19.1. The summed E-state index contributed by atoms with van der Waals surface area (Å²) < 4.78 is 30.2. The largest absolute Gasteiger partial charge is 0.304 e. The van der Waals surface area contributed by atoms with Gasteiger partial charge >= 0.3 is 0 Å². The molecular weight excluding hydrogens is 462 g/mol. The van der Waals surface area contributed by atoms with E-state index in [9.17, 15) is 18.8 Å². The average Bonchev–Trinajstić information content (AvgIpc) is 3.52. The molecule has 1 saturated heterocycles. The molecule has 8 heteroatoms. The standard InChI is InChI=1S/C28H28F2N4O2/c1-18-32-7-8-33(18)26-14-20(12-25(30)16-26)10-19-2-4-22(5-3-19)28(35)34-27(6-9-36-34)23-11-21(17-31)13-24(29)15-23/h7-8,11-16,19,22,27H,2-6,9-10H2,1H3/t19-,22-,27-/m0/s1. The molecule has 6 nitrogen and oxygen atoms in total. The van der Waals surface area contributed by atoms with Crippen LogP contribution in [0.25, 0.3) is 5.69 Å². The smallest absolute Gasteiger partial charge is 0.249 e. The Hall–Kier alpha value is -3.57.